The number of carbonyl (C=O) groups is 1. The number of carboxylic acids is 1. The molecule has 0 unspecified atom stereocenters. The van der Waals surface area contributed by atoms with Crippen LogP contribution in [0.3, 0.4) is 0 Å². The van der Waals surface area contributed by atoms with Crippen LogP contribution in [-0.2, 0) is 4.79 Å². The van der Waals surface area contributed by atoms with Gasteiger partial charge in [-0.25, -0.2) is 9.97 Å². The average molecular weight is 271 g/mol. The zero-order valence-electron chi connectivity index (χ0n) is 11.5. The summed E-state index contributed by atoms with van der Waals surface area (Å²) in [4.78, 5) is 18.7. The lowest BCUT2D eigenvalue weighted by molar-refractivity contribution is -0.134. The molecule has 5 nitrogen and oxygen atoms in total. The molecule has 0 spiro atoms. The van der Waals surface area contributed by atoms with Gasteiger partial charge in [0.05, 0.1) is 5.69 Å². The van der Waals surface area contributed by atoms with Crippen LogP contribution >= 0.6 is 0 Å². The normalized spacial score (nSPS) is 10.6. The van der Waals surface area contributed by atoms with Crippen molar-refractivity contribution in [2.24, 2.45) is 0 Å². The maximum atomic E-state index is 10.5. The summed E-state index contributed by atoms with van der Waals surface area (Å²) in [6, 6.07) is 9.92. The van der Waals surface area contributed by atoms with Crippen molar-refractivity contribution in [3.63, 3.8) is 0 Å². The molecule has 0 fully saturated rings. The molecule has 0 radical (unpaired) electrons. The van der Waals surface area contributed by atoms with Gasteiger partial charge in [-0.15, -0.1) is 0 Å². The Kier molecular flexibility index (Phi) is 4.30. The first-order chi connectivity index (χ1) is 9.56. The molecule has 1 heterocycles. The van der Waals surface area contributed by atoms with Crippen LogP contribution in [0.1, 0.15) is 25.3 Å². The van der Waals surface area contributed by atoms with Crippen molar-refractivity contribution in [3.8, 4) is 11.3 Å². The summed E-state index contributed by atoms with van der Waals surface area (Å²) in [5.41, 5.74) is 3.02. The van der Waals surface area contributed by atoms with E-state index in [4.69, 9.17) is 5.11 Å². The maximum absolute atomic E-state index is 10.5. The van der Waals surface area contributed by atoms with Crippen LogP contribution in [0.5, 0.6) is 0 Å². The van der Waals surface area contributed by atoms with Gasteiger partial charge < -0.3 is 10.4 Å². The van der Waals surface area contributed by atoms with Crippen LogP contribution < -0.4 is 5.32 Å². The molecule has 0 aliphatic rings. The summed E-state index contributed by atoms with van der Waals surface area (Å²) >= 11 is 0. The summed E-state index contributed by atoms with van der Waals surface area (Å²) in [5.74, 6) is 0.0685. The lowest BCUT2D eigenvalue weighted by atomic mass is 10.0. The van der Waals surface area contributed by atoms with Gasteiger partial charge in [-0.1, -0.05) is 38.1 Å². The Morgan fingerprint density at radius 1 is 1.25 bits per heavy atom. The van der Waals surface area contributed by atoms with Crippen molar-refractivity contribution < 1.29 is 9.90 Å². The summed E-state index contributed by atoms with van der Waals surface area (Å²) in [6.45, 7) is 4.13. The standard InChI is InChI=1S/C15H17N3O2/c1-10(2)11-3-5-12(6-4-11)13-7-14(18-9-17-13)16-8-15(19)20/h3-7,9-10H,8H2,1-2H3,(H,19,20)(H,16,17,18). The molecular weight excluding hydrogens is 254 g/mol. The van der Waals surface area contributed by atoms with Gasteiger partial charge >= 0.3 is 5.97 Å². The minimum atomic E-state index is -0.925. The van der Waals surface area contributed by atoms with E-state index in [0.717, 1.165) is 11.3 Å². The molecule has 0 aliphatic carbocycles. The number of benzene rings is 1. The monoisotopic (exact) mass is 271 g/mol. The van der Waals surface area contributed by atoms with E-state index in [0.29, 0.717) is 11.7 Å². The van der Waals surface area contributed by atoms with Crippen LogP contribution in [0.15, 0.2) is 36.7 Å². The molecule has 2 N–H and O–H groups in total. The number of anilines is 1. The zero-order chi connectivity index (χ0) is 14.5. The molecule has 0 aliphatic heterocycles. The van der Waals surface area contributed by atoms with Gasteiger partial charge in [0.25, 0.3) is 0 Å². The zero-order valence-corrected chi connectivity index (χ0v) is 11.5. The number of hydrogen-bond donors (Lipinski definition) is 2. The number of nitrogens with one attached hydrogen (secondary N) is 1. The summed E-state index contributed by atoms with van der Waals surface area (Å²) in [7, 11) is 0. The van der Waals surface area contributed by atoms with Crippen molar-refractivity contribution in [1.29, 1.82) is 0 Å². The molecule has 5 heteroatoms. The largest absolute Gasteiger partial charge is 0.480 e. The van der Waals surface area contributed by atoms with Gasteiger partial charge in [-0.05, 0) is 11.5 Å². The molecule has 20 heavy (non-hydrogen) atoms. The van der Waals surface area contributed by atoms with Crippen LogP contribution in [0.4, 0.5) is 5.82 Å². The van der Waals surface area contributed by atoms with E-state index in [1.54, 1.807) is 6.07 Å². The third-order valence-electron chi connectivity index (χ3n) is 2.96. The minimum Gasteiger partial charge on any atom is -0.480 e. The number of aliphatic carboxylic acids is 1. The maximum Gasteiger partial charge on any atom is 0.322 e. The Bertz CT molecular complexity index is 594. The molecule has 2 rings (SSSR count). The molecular formula is C15H17N3O2. The highest BCUT2D eigenvalue weighted by atomic mass is 16.4. The van der Waals surface area contributed by atoms with Gasteiger partial charge in [0.15, 0.2) is 0 Å². The van der Waals surface area contributed by atoms with Gasteiger partial charge in [0.1, 0.15) is 18.7 Å². The molecule has 104 valence electrons. The summed E-state index contributed by atoms with van der Waals surface area (Å²) < 4.78 is 0. The predicted molar refractivity (Wildman–Crippen MR) is 77.7 cm³/mol. The van der Waals surface area contributed by atoms with Crippen molar-refractivity contribution in [3.05, 3.63) is 42.2 Å². The Labute approximate surface area is 117 Å². The highest BCUT2D eigenvalue weighted by Crippen LogP contribution is 2.22. The molecule has 1 aromatic carbocycles. The average Bonchev–Trinajstić information content (AvgIpc) is 2.45. The molecule has 1 aromatic heterocycles. The quantitative estimate of drug-likeness (QED) is 0.874. The van der Waals surface area contributed by atoms with E-state index in [2.05, 4.69) is 41.3 Å². The number of aromatic nitrogens is 2. The van der Waals surface area contributed by atoms with Crippen LogP contribution in [0, 0.1) is 0 Å². The highest BCUT2D eigenvalue weighted by Gasteiger charge is 2.04. The topological polar surface area (TPSA) is 75.1 Å². The minimum absolute atomic E-state index is 0.164. The Hall–Kier alpha value is -2.43. The first kappa shape index (κ1) is 14.0. The van der Waals surface area contributed by atoms with Crippen molar-refractivity contribution in [1.82, 2.24) is 9.97 Å². The van der Waals surface area contributed by atoms with Crippen LogP contribution in [-0.4, -0.2) is 27.6 Å². The van der Waals surface area contributed by atoms with Gasteiger partial charge in [0.2, 0.25) is 0 Å². The SMILES string of the molecule is CC(C)c1ccc(-c2cc(NCC(=O)O)ncn2)cc1. The molecule has 0 amide bonds. The number of hydrogen-bond acceptors (Lipinski definition) is 4. The Morgan fingerprint density at radius 2 is 1.95 bits per heavy atom. The summed E-state index contributed by atoms with van der Waals surface area (Å²) in [6.07, 6.45) is 1.43. The van der Waals surface area contributed by atoms with E-state index >= 15 is 0 Å². The van der Waals surface area contributed by atoms with Crippen LogP contribution in [0.2, 0.25) is 0 Å². The van der Waals surface area contributed by atoms with E-state index in [-0.39, 0.29) is 6.54 Å². The third-order valence-corrected chi connectivity index (χ3v) is 2.96. The molecule has 0 saturated carbocycles. The van der Waals surface area contributed by atoms with Gasteiger partial charge in [0, 0.05) is 11.6 Å². The fraction of sp³-hybridized carbons (Fsp3) is 0.267. The third kappa shape index (κ3) is 3.54. The highest BCUT2D eigenvalue weighted by molar-refractivity contribution is 5.72. The van der Waals surface area contributed by atoms with Crippen LogP contribution in [0.25, 0.3) is 11.3 Å². The second-order valence-electron chi connectivity index (χ2n) is 4.81. The second-order valence-corrected chi connectivity index (χ2v) is 4.81. The first-order valence-corrected chi connectivity index (χ1v) is 6.44. The smallest absolute Gasteiger partial charge is 0.322 e. The first-order valence-electron chi connectivity index (χ1n) is 6.44. The van der Waals surface area contributed by atoms with E-state index in [1.165, 1.54) is 11.9 Å². The predicted octanol–water partition coefficient (Wildman–Crippen LogP) is 2.76. The Balaban J connectivity index is 2.19. The van der Waals surface area contributed by atoms with Crippen molar-refractivity contribution in [2.45, 2.75) is 19.8 Å². The fourth-order valence-electron chi connectivity index (χ4n) is 1.82. The molecule has 0 atom stereocenters. The van der Waals surface area contributed by atoms with Crippen molar-refractivity contribution in [2.75, 3.05) is 11.9 Å². The molecule has 2 aromatic rings. The van der Waals surface area contributed by atoms with E-state index in [1.807, 2.05) is 12.1 Å². The van der Waals surface area contributed by atoms with E-state index in [9.17, 15) is 4.79 Å². The van der Waals surface area contributed by atoms with Crippen molar-refractivity contribution >= 4 is 11.8 Å². The van der Waals surface area contributed by atoms with E-state index < -0.39 is 5.97 Å². The lowest BCUT2D eigenvalue weighted by Crippen LogP contribution is -2.13. The number of carboxylic acid groups (broad SMARTS) is 1. The summed E-state index contributed by atoms with van der Waals surface area (Å²) in [5, 5.41) is 11.4. The number of nitrogens with zero attached hydrogens (tertiary/aromatic N) is 2. The lowest BCUT2D eigenvalue weighted by Gasteiger charge is -2.08. The molecule has 0 bridgehead atoms. The van der Waals surface area contributed by atoms with Gasteiger partial charge in [-0.3, -0.25) is 4.79 Å². The molecule has 0 saturated heterocycles. The second kappa shape index (κ2) is 6.14. The Morgan fingerprint density at radius 3 is 2.55 bits per heavy atom. The number of rotatable bonds is 5. The van der Waals surface area contributed by atoms with Gasteiger partial charge in [-0.2, -0.15) is 0 Å². The fourth-order valence-corrected chi connectivity index (χ4v) is 1.82.